The van der Waals surface area contributed by atoms with Crippen molar-refractivity contribution in [1.29, 1.82) is 0 Å². The number of hydrogen-bond donors (Lipinski definition) is 0. The van der Waals surface area contributed by atoms with Gasteiger partial charge in [-0.05, 0) is 29.8 Å². The molecular formula is C22H23N3O2. The SMILES string of the molecule is C=CCn1c(C2CC(=O)N(Cc3ccc(OC)cc3)C2)nc2ccccc21. The third-order valence-corrected chi connectivity index (χ3v) is 5.11. The first-order chi connectivity index (χ1) is 13.2. The number of allylic oxidation sites excluding steroid dienone is 1. The van der Waals surface area contributed by atoms with Gasteiger partial charge in [-0.25, -0.2) is 4.98 Å². The fourth-order valence-electron chi connectivity index (χ4n) is 3.78. The van der Waals surface area contributed by atoms with Crippen LogP contribution >= 0.6 is 0 Å². The highest BCUT2D eigenvalue weighted by molar-refractivity contribution is 5.81. The zero-order chi connectivity index (χ0) is 18.8. The van der Waals surface area contributed by atoms with Gasteiger partial charge in [0.1, 0.15) is 11.6 Å². The highest BCUT2D eigenvalue weighted by atomic mass is 16.5. The normalized spacial score (nSPS) is 16.9. The number of nitrogens with zero attached hydrogens (tertiary/aromatic N) is 3. The van der Waals surface area contributed by atoms with E-state index in [-0.39, 0.29) is 11.8 Å². The van der Waals surface area contributed by atoms with Gasteiger partial charge in [0.05, 0.1) is 18.1 Å². The number of carbonyl (C=O) groups excluding carboxylic acids is 1. The Morgan fingerprint density at radius 3 is 2.74 bits per heavy atom. The van der Waals surface area contributed by atoms with Crippen molar-refractivity contribution in [1.82, 2.24) is 14.5 Å². The number of methoxy groups -OCH3 is 1. The first-order valence-electron chi connectivity index (χ1n) is 9.16. The monoisotopic (exact) mass is 361 g/mol. The van der Waals surface area contributed by atoms with Gasteiger partial charge in [-0.2, -0.15) is 0 Å². The first kappa shape index (κ1) is 17.3. The molecule has 1 unspecified atom stereocenters. The molecule has 138 valence electrons. The third-order valence-electron chi connectivity index (χ3n) is 5.11. The summed E-state index contributed by atoms with van der Waals surface area (Å²) >= 11 is 0. The number of para-hydroxylation sites is 2. The Labute approximate surface area is 158 Å². The van der Waals surface area contributed by atoms with Crippen LogP contribution in [0.2, 0.25) is 0 Å². The van der Waals surface area contributed by atoms with E-state index in [2.05, 4.69) is 17.2 Å². The lowest BCUT2D eigenvalue weighted by Crippen LogP contribution is -2.24. The number of fused-ring (bicyclic) bond motifs is 1. The summed E-state index contributed by atoms with van der Waals surface area (Å²) in [6.45, 7) is 5.87. The summed E-state index contributed by atoms with van der Waals surface area (Å²) in [6, 6.07) is 16.0. The Morgan fingerprint density at radius 2 is 2.00 bits per heavy atom. The van der Waals surface area contributed by atoms with Crippen LogP contribution in [-0.2, 0) is 17.9 Å². The average Bonchev–Trinajstić information content (AvgIpc) is 3.24. The predicted molar refractivity (Wildman–Crippen MR) is 106 cm³/mol. The minimum Gasteiger partial charge on any atom is -0.497 e. The lowest BCUT2D eigenvalue weighted by molar-refractivity contribution is -0.128. The Bertz CT molecular complexity index is 975. The standard InChI is InChI=1S/C22H23N3O2/c1-3-12-25-20-7-5-4-6-19(20)23-22(25)17-13-21(26)24(15-17)14-16-8-10-18(27-2)11-9-16/h3-11,17H,1,12-15H2,2H3. The van der Waals surface area contributed by atoms with Crippen LogP contribution in [0, 0.1) is 0 Å². The number of ether oxygens (including phenoxy) is 1. The minimum atomic E-state index is 0.100. The van der Waals surface area contributed by atoms with Gasteiger partial charge in [-0.3, -0.25) is 4.79 Å². The van der Waals surface area contributed by atoms with Crippen molar-refractivity contribution in [2.45, 2.75) is 25.4 Å². The molecule has 4 rings (SSSR count). The molecular weight excluding hydrogens is 338 g/mol. The molecule has 0 saturated carbocycles. The van der Waals surface area contributed by atoms with Crippen molar-refractivity contribution in [2.75, 3.05) is 13.7 Å². The topological polar surface area (TPSA) is 47.4 Å². The number of amides is 1. The molecule has 1 fully saturated rings. The van der Waals surface area contributed by atoms with E-state index >= 15 is 0 Å². The summed E-state index contributed by atoms with van der Waals surface area (Å²) in [6.07, 6.45) is 2.38. The van der Waals surface area contributed by atoms with Gasteiger partial charge in [0.2, 0.25) is 5.91 Å². The van der Waals surface area contributed by atoms with E-state index in [9.17, 15) is 4.79 Å². The van der Waals surface area contributed by atoms with Gasteiger partial charge in [-0.1, -0.05) is 30.3 Å². The molecule has 0 spiro atoms. The highest BCUT2D eigenvalue weighted by Gasteiger charge is 2.33. The number of aromatic nitrogens is 2. The maximum atomic E-state index is 12.6. The fourth-order valence-corrected chi connectivity index (χ4v) is 3.78. The van der Waals surface area contributed by atoms with Crippen LogP contribution in [0.4, 0.5) is 0 Å². The maximum absolute atomic E-state index is 12.6. The Morgan fingerprint density at radius 1 is 1.22 bits per heavy atom. The van der Waals surface area contributed by atoms with Crippen LogP contribution in [0.5, 0.6) is 5.75 Å². The van der Waals surface area contributed by atoms with E-state index in [1.54, 1.807) is 7.11 Å². The van der Waals surface area contributed by atoms with Crippen LogP contribution in [-0.4, -0.2) is 34.0 Å². The summed E-state index contributed by atoms with van der Waals surface area (Å²) in [7, 11) is 1.65. The quantitative estimate of drug-likeness (QED) is 0.628. The van der Waals surface area contributed by atoms with E-state index in [1.807, 2.05) is 53.4 Å². The first-order valence-corrected chi connectivity index (χ1v) is 9.16. The number of hydrogen-bond acceptors (Lipinski definition) is 3. The van der Waals surface area contributed by atoms with Crippen LogP contribution in [0.25, 0.3) is 11.0 Å². The third kappa shape index (κ3) is 3.33. The lowest BCUT2D eigenvalue weighted by Gasteiger charge is -2.17. The minimum absolute atomic E-state index is 0.100. The summed E-state index contributed by atoms with van der Waals surface area (Å²) in [5.41, 5.74) is 3.16. The van der Waals surface area contributed by atoms with Crippen molar-refractivity contribution >= 4 is 16.9 Å². The van der Waals surface area contributed by atoms with Gasteiger partial charge < -0.3 is 14.2 Å². The zero-order valence-electron chi connectivity index (χ0n) is 15.5. The van der Waals surface area contributed by atoms with Crippen molar-refractivity contribution < 1.29 is 9.53 Å². The number of benzene rings is 2. The second-order valence-electron chi connectivity index (χ2n) is 6.88. The van der Waals surface area contributed by atoms with Crippen molar-refractivity contribution in [3.63, 3.8) is 0 Å². The number of likely N-dealkylation sites (tertiary alicyclic amines) is 1. The summed E-state index contributed by atoms with van der Waals surface area (Å²) < 4.78 is 7.38. The molecule has 2 heterocycles. The Kier molecular flexibility index (Phi) is 4.67. The van der Waals surface area contributed by atoms with Crippen LogP contribution in [0.1, 0.15) is 23.7 Å². The molecule has 1 saturated heterocycles. The molecule has 1 aromatic heterocycles. The van der Waals surface area contributed by atoms with Gasteiger partial charge >= 0.3 is 0 Å². The van der Waals surface area contributed by atoms with Gasteiger partial charge in [0.25, 0.3) is 0 Å². The molecule has 0 N–H and O–H groups in total. The molecule has 0 radical (unpaired) electrons. The van der Waals surface area contributed by atoms with E-state index in [1.165, 1.54) is 0 Å². The van der Waals surface area contributed by atoms with E-state index in [0.717, 1.165) is 28.2 Å². The van der Waals surface area contributed by atoms with E-state index < -0.39 is 0 Å². The summed E-state index contributed by atoms with van der Waals surface area (Å²) in [5, 5.41) is 0. The zero-order valence-corrected chi connectivity index (χ0v) is 15.5. The number of imidazole rings is 1. The van der Waals surface area contributed by atoms with Gasteiger partial charge in [-0.15, -0.1) is 6.58 Å². The second-order valence-corrected chi connectivity index (χ2v) is 6.88. The maximum Gasteiger partial charge on any atom is 0.223 e. The van der Waals surface area contributed by atoms with Crippen LogP contribution in [0.3, 0.4) is 0 Å². The Balaban J connectivity index is 1.57. The molecule has 0 aliphatic carbocycles. The summed E-state index contributed by atoms with van der Waals surface area (Å²) in [5.74, 6) is 2.07. The van der Waals surface area contributed by atoms with E-state index in [4.69, 9.17) is 9.72 Å². The van der Waals surface area contributed by atoms with E-state index in [0.29, 0.717) is 26.1 Å². The fraction of sp³-hybridized carbons (Fsp3) is 0.273. The summed E-state index contributed by atoms with van der Waals surface area (Å²) in [4.78, 5) is 19.4. The molecule has 1 aliphatic heterocycles. The molecule has 1 aliphatic rings. The molecule has 3 aromatic rings. The number of rotatable bonds is 6. The van der Waals surface area contributed by atoms with Crippen LogP contribution < -0.4 is 4.74 Å². The number of carbonyl (C=O) groups is 1. The molecule has 2 aromatic carbocycles. The molecule has 5 heteroatoms. The highest BCUT2D eigenvalue weighted by Crippen LogP contribution is 2.31. The lowest BCUT2D eigenvalue weighted by atomic mass is 10.1. The smallest absolute Gasteiger partial charge is 0.223 e. The second kappa shape index (κ2) is 7.27. The predicted octanol–water partition coefficient (Wildman–Crippen LogP) is 3.75. The van der Waals surface area contributed by atoms with Gasteiger partial charge in [0, 0.05) is 32.0 Å². The van der Waals surface area contributed by atoms with Crippen molar-refractivity contribution in [3.8, 4) is 5.75 Å². The Hall–Kier alpha value is -3.08. The molecule has 27 heavy (non-hydrogen) atoms. The van der Waals surface area contributed by atoms with Crippen molar-refractivity contribution in [3.05, 3.63) is 72.6 Å². The molecule has 5 nitrogen and oxygen atoms in total. The van der Waals surface area contributed by atoms with Crippen molar-refractivity contribution in [2.24, 2.45) is 0 Å². The average molecular weight is 361 g/mol. The molecule has 0 bridgehead atoms. The van der Waals surface area contributed by atoms with Gasteiger partial charge in [0.15, 0.2) is 0 Å². The molecule has 1 atom stereocenters. The van der Waals surface area contributed by atoms with Crippen LogP contribution in [0.15, 0.2) is 61.2 Å². The molecule has 1 amide bonds. The largest absolute Gasteiger partial charge is 0.497 e.